The summed E-state index contributed by atoms with van der Waals surface area (Å²) in [6.45, 7) is 12.8. The van der Waals surface area contributed by atoms with E-state index >= 15 is 0 Å². The molecule has 7 heteroatoms. The van der Waals surface area contributed by atoms with E-state index in [4.69, 9.17) is 14.2 Å². The van der Waals surface area contributed by atoms with Crippen molar-refractivity contribution in [3.8, 4) is 0 Å². The molecule has 0 radical (unpaired) electrons. The SMILES string of the molecule is CCCCC1CN(C(=O)OC(C)(C)C)CCC1CC(=O)OC(=O)OCC(C)C. The van der Waals surface area contributed by atoms with Crippen LogP contribution >= 0.6 is 0 Å². The molecule has 0 saturated carbocycles. The van der Waals surface area contributed by atoms with Crippen molar-refractivity contribution in [1.29, 1.82) is 0 Å². The van der Waals surface area contributed by atoms with E-state index in [0.29, 0.717) is 19.5 Å². The summed E-state index contributed by atoms with van der Waals surface area (Å²) in [6.07, 6.45) is 2.58. The summed E-state index contributed by atoms with van der Waals surface area (Å²) in [5.41, 5.74) is -0.535. The van der Waals surface area contributed by atoms with Gasteiger partial charge >= 0.3 is 18.2 Å². The van der Waals surface area contributed by atoms with Crippen molar-refractivity contribution in [1.82, 2.24) is 4.90 Å². The van der Waals surface area contributed by atoms with Gasteiger partial charge in [-0.05, 0) is 51.4 Å². The van der Waals surface area contributed by atoms with E-state index < -0.39 is 17.7 Å². The molecule has 28 heavy (non-hydrogen) atoms. The highest BCUT2D eigenvalue weighted by Gasteiger charge is 2.34. The Morgan fingerprint density at radius 1 is 1.14 bits per heavy atom. The molecule has 162 valence electrons. The first-order valence-corrected chi connectivity index (χ1v) is 10.4. The lowest BCUT2D eigenvalue weighted by atomic mass is 9.80. The van der Waals surface area contributed by atoms with Gasteiger partial charge in [-0.3, -0.25) is 4.79 Å². The number of likely N-dealkylation sites (tertiary alicyclic amines) is 1. The zero-order valence-corrected chi connectivity index (χ0v) is 18.3. The van der Waals surface area contributed by atoms with Gasteiger partial charge in [-0.2, -0.15) is 0 Å². The molecule has 1 fully saturated rings. The largest absolute Gasteiger partial charge is 0.516 e. The van der Waals surface area contributed by atoms with Crippen molar-refractivity contribution in [2.75, 3.05) is 19.7 Å². The number of piperidine rings is 1. The molecule has 2 unspecified atom stereocenters. The number of hydrogen-bond donors (Lipinski definition) is 0. The Balaban J connectivity index is 2.61. The highest BCUT2D eigenvalue weighted by Crippen LogP contribution is 2.31. The number of ether oxygens (including phenoxy) is 3. The first kappa shape index (κ1) is 24.2. The Bertz CT molecular complexity index is 525. The molecular formula is C21H37NO6. The lowest BCUT2D eigenvalue weighted by Gasteiger charge is -2.38. The van der Waals surface area contributed by atoms with Gasteiger partial charge in [0.25, 0.3) is 0 Å². The van der Waals surface area contributed by atoms with Gasteiger partial charge in [0, 0.05) is 19.5 Å². The first-order chi connectivity index (χ1) is 13.0. The quantitative estimate of drug-likeness (QED) is 0.453. The minimum atomic E-state index is -0.935. The summed E-state index contributed by atoms with van der Waals surface area (Å²) in [7, 11) is 0. The predicted molar refractivity (Wildman–Crippen MR) is 106 cm³/mol. The average molecular weight is 400 g/mol. The molecule has 0 aromatic heterocycles. The molecule has 1 aliphatic rings. The monoisotopic (exact) mass is 399 g/mol. The number of rotatable bonds is 7. The summed E-state index contributed by atoms with van der Waals surface area (Å²) in [6, 6.07) is 0. The van der Waals surface area contributed by atoms with Crippen LogP contribution in [0.5, 0.6) is 0 Å². The third kappa shape index (κ3) is 9.42. The predicted octanol–water partition coefficient (Wildman–Crippen LogP) is 4.78. The minimum Gasteiger partial charge on any atom is -0.444 e. The summed E-state index contributed by atoms with van der Waals surface area (Å²) < 4.78 is 15.2. The second kappa shape index (κ2) is 11.3. The van der Waals surface area contributed by atoms with E-state index in [2.05, 4.69) is 6.92 Å². The van der Waals surface area contributed by atoms with Crippen LogP contribution in [0.4, 0.5) is 9.59 Å². The molecule has 0 bridgehead atoms. The van der Waals surface area contributed by atoms with Crippen LogP contribution in [-0.2, 0) is 19.0 Å². The second-order valence-electron chi connectivity index (χ2n) is 9.01. The molecule has 0 N–H and O–H groups in total. The number of unbranched alkanes of at least 4 members (excludes halogenated alkanes) is 1. The van der Waals surface area contributed by atoms with E-state index in [-0.39, 0.29) is 36.9 Å². The average Bonchev–Trinajstić information content (AvgIpc) is 2.57. The number of nitrogens with zero attached hydrogens (tertiary/aromatic N) is 1. The molecule has 1 heterocycles. The topological polar surface area (TPSA) is 82.1 Å². The van der Waals surface area contributed by atoms with Crippen LogP contribution in [0.3, 0.4) is 0 Å². The summed E-state index contributed by atoms with van der Waals surface area (Å²) in [4.78, 5) is 37.9. The molecule has 2 atom stereocenters. The summed E-state index contributed by atoms with van der Waals surface area (Å²) >= 11 is 0. The maximum Gasteiger partial charge on any atom is 0.516 e. The first-order valence-electron chi connectivity index (χ1n) is 10.4. The van der Waals surface area contributed by atoms with Crippen molar-refractivity contribution in [2.45, 2.75) is 79.2 Å². The Labute approximate surface area is 169 Å². The van der Waals surface area contributed by atoms with Crippen LogP contribution in [0.15, 0.2) is 0 Å². The van der Waals surface area contributed by atoms with Gasteiger partial charge in [-0.1, -0.05) is 33.6 Å². The molecule has 0 spiro atoms. The van der Waals surface area contributed by atoms with Crippen molar-refractivity contribution in [3.05, 3.63) is 0 Å². The van der Waals surface area contributed by atoms with Crippen LogP contribution in [0.1, 0.15) is 73.6 Å². The van der Waals surface area contributed by atoms with Crippen molar-refractivity contribution in [2.24, 2.45) is 17.8 Å². The Kier molecular flexibility index (Phi) is 9.76. The molecule has 0 aromatic carbocycles. The van der Waals surface area contributed by atoms with E-state index in [1.54, 1.807) is 4.90 Å². The zero-order chi connectivity index (χ0) is 21.3. The van der Waals surface area contributed by atoms with Gasteiger partial charge in [0.1, 0.15) is 5.60 Å². The highest BCUT2D eigenvalue weighted by molar-refractivity contribution is 5.82. The molecule has 1 saturated heterocycles. The minimum absolute atomic E-state index is 0.0793. The van der Waals surface area contributed by atoms with E-state index in [1.807, 2.05) is 34.6 Å². The maximum atomic E-state index is 12.4. The van der Waals surface area contributed by atoms with Crippen LogP contribution < -0.4 is 0 Å². The van der Waals surface area contributed by atoms with Gasteiger partial charge in [-0.25, -0.2) is 9.59 Å². The summed E-state index contributed by atoms with van der Waals surface area (Å²) in [5, 5.41) is 0. The van der Waals surface area contributed by atoms with Crippen LogP contribution in [0.25, 0.3) is 0 Å². The smallest absolute Gasteiger partial charge is 0.444 e. The van der Waals surface area contributed by atoms with Gasteiger partial charge < -0.3 is 19.1 Å². The van der Waals surface area contributed by atoms with Crippen LogP contribution in [0.2, 0.25) is 0 Å². The third-order valence-corrected chi connectivity index (χ3v) is 4.63. The molecule has 0 aliphatic carbocycles. The molecule has 1 amide bonds. The maximum absolute atomic E-state index is 12.4. The fourth-order valence-corrected chi connectivity index (χ4v) is 3.25. The summed E-state index contributed by atoms with van der Waals surface area (Å²) in [5.74, 6) is -0.125. The zero-order valence-electron chi connectivity index (χ0n) is 18.3. The van der Waals surface area contributed by atoms with Crippen LogP contribution in [-0.4, -0.2) is 48.4 Å². The van der Waals surface area contributed by atoms with E-state index in [1.165, 1.54) is 0 Å². The van der Waals surface area contributed by atoms with Gasteiger partial charge in [0.15, 0.2) is 0 Å². The lowest BCUT2D eigenvalue weighted by molar-refractivity contribution is -0.142. The van der Waals surface area contributed by atoms with Gasteiger partial charge in [-0.15, -0.1) is 0 Å². The number of carbonyl (C=O) groups is 3. The van der Waals surface area contributed by atoms with Gasteiger partial charge in [0.2, 0.25) is 0 Å². The van der Waals surface area contributed by atoms with E-state index in [9.17, 15) is 14.4 Å². The van der Waals surface area contributed by atoms with E-state index in [0.717, 1.165) is 19.3 Å². The second-order valence-corrected chi connectivity index (χ2v) is 9.01. The normalized spacial score (nSPS) is 20.0. The highest BCUT2D eigenvalue weighted by atomic mass is 16.7. The number of hydrogen-bond acceptors (Lipinski definition) is 6. The third-order valence-electron chi connectivity index (χ3n) is 4.63. The molecule has 7 nitrogen and oxygen atoms in total. The van der Waals surface area contributed by atoms with Crippen molar-refractivity contribution < 1.29 is 28.6 Å². The van der Waals surface area contributed by atoms with Crippen LogP contribution in [0, 0.1) is 17.8 Å². The molecule has 1 aliphatic heterocycles. The Morgan fingerprint density at radius 3 is 2.39 bits per heavy atom. The molecular weight excluding hydrogens is 362 g/mol. The van der Waals surface area contributed by atoms with Crippen molar-refractivity contribution in [3.63, 3.8) is 0 Å². The fraction of sp³-hybridized carbons (Fsp3) is 0.857. The van der Waals surface area contributed by atoms with Crippen molar-refractivity contribution >= 4 is 18.2 Å². The Hall–Kier alpha value is -1.79. The molecule has 0 aromatic rings. The standard InChI is InChI=1S/C21H37NO6/c1-7-8-9-17-13-22(19(24)28-21(4,5)6)11-10-16(17)12-18(23)27-20(25)26-14-15(2)3/h15-17H,7-14H2,1-6H3. The number of carbonyl (C=O) groups excluding carboxylic acids is 3. The molecule has 1 rings (SSSR count). The number of amides is 1. The number of esters is 1. The van der Waals surface area contributed by atoms with Gasteiger partial charge in [0.05, 0.1) is 6.61 Å². The fourth-order valence-electron chi connectivity index (χ4n) is 3.25. The lowest BCUT2D eigenvalue weighted by Crippen LogP contribution is -2.46. The Morgan fingerprint density at radius 2 is 1.82 bits per heavy atom.